The molecule has 1 aliphatic rings. The molecule has 0 saturated heterocycles. The Hall–Kier alpha value is -3.59. The molecule has 4 rings (SSSR count). The number of halogens is 2. The summed E-state index contributed by atoms with van der Waals surface area (Å²) in [5.74, 6) is -1.62. The van der Waals surface area contributed by atoms with E-state index in [9.17, 15) is 14.3 Å². The summed E-state index contributed by atoms with van der Waals surface area (Å²) in [6.07, 6.45) is 4.90. The lowest BCUT2D eigenvalue weighted by molar-refractivity contribution is -0.122. The second-order valence-corrected chi connectivity index (χ2v) is 7.44. The quantitative estimate of drug-likeness (QED) is 0.593. The van der Waals surface area contributed by atoms with Crippen molar-refractivity contribution in [3.63, 3.8) is 0 Å². The average Bonchev–Trinajstić information content (AvgIpc) is 3.08. The second-order valence-electron chi connectivity index (χ2n) is 7.44. The van der Waals surface area contributed by atoms with Crippen LogP contribution in [-0.2, 0) is 11.8 Å². The van der Waals surface area contributed by atoms with Crippen LogP contribution in [0, 0.1) is 12.7 Å². The highest BCUT2D eigenvalue weighted by atomic mass is 19.1. The van der Waals surface area contributed by atoms with Crippen molar-refractivity contribution in [2.45, 2.75) is 25.9 Å². The molecule has 31 heavy (non-hydrogen) atoms. The highest BCUT2D eigenvalue weighted by Gasteiger charge is 2.23. The lowest BCUT2D eigenvalue weighted by atomic mass is 9.99. The van der Waals surface area contributed by atoms with E-state index in [0.717, 1.165) is 6.08 Å². The van der Waals surface area contributed by atoms with E-state index < -0.39 is 23.7 Å². The lowest BCUT2D eigenvalue weighted by Crippen LogP contribution is -2.29. The first-order chi connectivity index (χ1) is 14.8. The van der Waals surface area contributed by atoms with Crippen molar-refractivity contribution in [2.75, 3.05) is 11.1 Å². The van der Waals surface area contributed by atoms with Gasteiger partial charge in [-0.15, -0.1) is 0 Å². The summed E-state index contributed by atoms with van der Waals surface area (Å²) in [6, 6.07) is 3.06. The maximum atomic E-state index is 15.1. The molecule has 3 aromatic rings. The van der Waals surface area contributed by atoms with Crippen LogP contribution in [0.2, 0.25) is 0 Å². The minimum Gasteiger partial charge on any atom is -0.383 e. The number of rotatable bonds is 4. The number of amides is 1. The number of hydrogen-bond donors (Lipinski definition) is 3. The van der Waals surface area contributed by atoms with Crippen LogP contribution in [0.15, 0.2) is 48.2 Å². The molecule has 0 radical (unpaired) electrons. The first-order valence-electron chi connectivity index (χ1n) is 9.68. The average molecular weight is 425 g/mol. The van der Waals surface area contributed by atoms with E-state index in [1.807, 2.05) is 0 Å². The molecule has 0 aliphatic heterocycles. The number of aromatic nitrogens is 3. The number of benzene rings is 1. The van der Waals surface area contributed by atoms with Crippen molar-refractivity contribution in [3.05, 3.63) is 59.6 Å². The summed E-state index contributed by atoms with van der Waals surface area (Å²) in [4.78, 5) is 20.6. The van der Waals surface area contributed by atoms with Crippen LogP contribution in [0.3, 0.4) is 0 Å². The van der Waals surface area contributed by atoms with E-state index in [1.54, 1.807) is 36.9 Å². The van der Waals surface area contributed by atoms with Gasteiger partial charge in [0, 0.05) is 25.2 Å². The predicted octanol–water partition coefficient (Wildman–Crippen LogP) is 3.54. The molecule has 7 nitrogen and oxygen atoms in total. The first-order valence-corrected chi connectivity index (χ1v) is 9.68. The van der Waals surface area contributed by atoms with Crippen molar-refractivity contribution in [1.82, 2.24) is 14.5 Å². The van der Waals surface area contributed by atoms with Gasteiger partial charge in [0.1, 0.15) is 29.4 Å². The fourth-order valence-electron chi connectivity index (χ4n) is 3.74. The number of aliphatic hydroxyl groups is 1. The zero-order valence-corrected chi connectivity index (χ0v) is 17.0. The Balaban J connectivity index is 1.66. The van der Waals surface area contributed by atoms with Gasteiger partial charge in [-0.25, -0.2) is 18.7 Å². The molecular weight excluding hydrogens is 404 g/mol. The van der Waals surface area contributed by atoms with Gasteiger partial charge in [-0.1, -0.05) is 12.1 Å². The number of nitrogens with two attached hydrogens (primary N) is 1. The van der Waals surface area contributed by atoms with E-state index in [1.165, 1.54) is 12.4 Å². The molecular formula is C22H21F2N5O2. The van der Waals surface area contributed by atoms with E-state index >= 15 is 4.39 Å². The fourth-order valence-corrected chi connectivity index (χ4v) is 3.74. The minimum atomic E-state index is -1.60. The molecule has 1 atom stereocenters. The first kappa shape index (κ1) is 20.7. The van der Waals surface area contributed by atoms with E-state index in [-0.39, 0.29) is 29.1 Å². The van der Waals surface area contributed by atoms with Crippen LogP contribution in [0.25, 0.3) is 22.2 Å². The highest BCUT2D eigenvalue weighted by molar-refractivity contribution is 6.02. The van der Waals surface area contributed by atoms with E-state index in [4.69, 9.17) is 5.73 Å². The maximum absolute atomic E-state index is 15.1. The Kier molecular flexibility index (Phi) is 5.28. The molecule has 160 valence electrons. The number of allylic oxidation sites excluding steroid dienone is 2. The number of nitrogens with one attached hydrogen (secondary N) is 1. The van der Waals surface area contributed by atoms with Gasteiger partial charge in [-0.3, -0.25) is 4.79 Å². The van der Waals surface area contributed by atoms with Gasteiger partial charge in [0.15, 0.2) is 6.10 Å². The topological polar surface area (TPSA) is 106 Å². The Morgan fingerprint density at radius 1 is 1.29 bits per heavy atom. The third-order valence-electron chi connectivity index (χ3n) is 5.37. The van der Waals surface area contributed by atoms with Crippen LogP contribution in [0.4, 0.5) is 20.3 Å². The van der Waals surface area contributed by atoms with Crippen LogP contribution in [0.1, 0.15) is 18.4 Å². The molecule has 2 aromatic heterocycles. The molecule has 0 bridgehead atoms. The monoisotopic (exact) mass is 425 g/mol. The minimum absolute atomic E-state index is 0.0874. The maximum Gasteiger partial charge on any atom is 0.257 e. The molecule has 4 N–H and O–H groups in total. The Labute approximate surface area is 176 Å². The van der Waals surface area contributed by atoms with Crippen molar-refractivity contribution in [2.24, 2.45) is 7.05 Å². The molecule has 1 aliphatic carbocycles. The van der Waals surface area contributed by atoms with Crippen LogP contribution in [0.5, 0.6) is 0 Å². The number of fused-ring (bicyclic) bond motifs is 1. The molecule has 1 unspecified atom stereocenters. The third-order valence-corrected chi connectivity index (χ3v) is 5.37. The fraction of sp³-hybridized carbons (Fsp3) is 0.227. The van der Waals surface area contributed by atoms with Gasteiger partial charge in [0.2, 0.25) is 0 Å². The number of anilines is 2. The zero-order valence-electron chi connectivity index (χ0n) is 17.0. The smallest absolute Gasteiger partial charge is 0.257 e. The van der Waals surface area contributed by atoms with Gasteiger partial charge in [0.05, 0.1) is 11.1 Å². The number of carbonyl (C=O) groups excluding carboxylic acids is 1. The highest BCUT2D eigenvalue weighted by Crippen LogP contribution is 2.36. The number of carbonyl (C=O) groups is 1. The van der Waals surface area contributed by atoms with Gasteiger partial charge in [-0.05, 0) is 42.2 Å². The summed E-state index contributed by atoms with van der Waals surface area (Å²) in [5, 5.41) is 13.2. The second kappa shape index (κ2) is 7.92. The number of aryl methyl sites for hydroxylation is 1. The summed E-state index contributed by atoms with van der Waals surface area (Å²) < 4.78 is 30.4. The van der Waals surface area contributed by atoms with Crippen LogP contribution in [-0.4, -0.2) is 31.7 Å². The van der Waals surface area contributed by atoms with Crippen molar-refractivity contribution >= 4 is 28.4 Å². The Bertz CT molecular complexity index is 1260. The SMILES string of the molecule is Cc1c(-c2cn(C)c3ncnc(N)c23)ccc(NC(=O)C(O)C2=CCCC(F)=C2)c1F. The molecule has 0 saturated carbocycles. The Morgan fingerprint density at radius 2 is 2.06 bits per heavy atom. The normalized spacial score (nSPS) is 14.9. The van der Waals surface area contributed by atoms with Crippen molar-refractivity contribution < 1.29 is 18.7 Å². The molecule has 0 fully saturated rings. The summed E-state index contributed by atoms with van der Waals surface area (Å²) >= 11 is 0. The van der Waals surface area contributed by atoms with Gasteiger partial charge in [0.25, 0.3) is 5.91 Å². The summed E-state index contributed by atoms with van der Waals surface area (Å²) in [6.45, 7) is 1.58. The van der Waals surface area contributed by atoms with Crippen molar-refractivity contribution in [3.8, 4) is 11.1 Å². The molecule has 9 heteroatoms. The lowest BCUT2D eigenvalue weighted by Gasteiger charge is -2.17. The van der Waals surface area contributed by atoms with Crippen LogP contribution >= 0.6 is 0 Å². The predicted molar refractivity (Wildman–Crippen MR) is 114 cm³/mol. The number of nitrogen functional groups attached to an aromatic ring is 1. The number of nitrogens with zero attached hydrogens (tertiary/aromatic N) is 3. The number of aliphatic hydroxyl groups excluding tert-OH is 1. The van der Waals surface area contributed by atoms with E-state index in [0.29, 0.717) is 28.6 Å². The largest absolute Gasteiger partial charge is 0.383 e. The van der Waals surface area contributed by atoms with Gasteiger partial charge < -0.3 is 20.7 Å². The third kappa shape index (κ3) is 3.68. The molecule has 2 heterocycles. The number of hydrogen-bond acceptors (Lipinski definition) is 5. The summed E-state index contributed by atoms with van der Waals surface area (Å²) in [7, 11) is 1.80. The van der Waals surface area contributed by atoms with Gasteiger partial charge >= 0.3 is 0 Å². The standard InChI is InChI=1S/C22H21F2N5O2/c1-11-14(15-9-29(2)21-17(15)20(25)26-10-27-21)6-7-16(18(11)24)28-22(31)19(30)12-4-3-5-13(23)8-12/h4,6-10,19,30H,3,5H2,1-2H3,(H,28,31)(H2,25,26,27). The van der Waals surface area contributed by atoms with E-state index in [2.05, 4.69) is 15.3 Å². The van der Waals surface area contributed by atoms with Crippen molar-refractivity contribution in [1.29, 1.82) is 0 Å². The summed E-state index contributed by atoms with van der Waals surface area (Å²) in [5.41, 5.74) is 8.23. The zero-order chi connectivity index (χ0) is 22.3. The van der Waals surface area contributed by atoms with Crippen LogP contribution < -0.4 is 11.1 Å². The molecule has 0 spiro atoms. The van der Waals surface area contributed by atoms with Gasteiger partial charge in [-0.2, -0.15) is 0 Å². The Morgan fingerprint density at radius 3 is 2.81 bits per heavy atom. The molecule has 1 amide bonds. The molecule has 1 aromatic carbocycles.